The molecule has 2 aromatic rings. The highest BCUT2D eigenvalue weighted by molar-refractivity contribution is 7.80. The Balaban J connectivity index is 1.71. The lowest BCUT2D eigenvalue weighted by Crippen LogP contribution is -1.90. The number of hydrogen-bond donors (Lipinski definition) is 2. The number of methoxy groups -OCH3 is 1. The van der Waals surface area contributed by atoms with Crippen molar-refractivity contribution in [2.45, 2.75) is 30.8 Å². The number of benzene rings is 1. The van der Waals surface area contributed by atoms with Crippen LogP contribution in [-0.2, 0) is 12.8 Å². The molecule has 96 valence electrons. The van der Waals surface area contributed by atoms with Gasteiger partial charge in [-0.15, -0.1) is 12.6 Å². The second-order valence-corrected chi connectivity index (χ2v) is 4.71. The van der Waals surface area contributed by atoms with Gasteiger partial charge in [0.1, 0.15) is 5.75 Å². The molecule has 0 saturated carbocycles. The monoisotopic (exact) mass is 262 g/mol. The van der Waals surface area contributed by atoms with Crippen LogP contribution >= 0.6 is 12.6 Å². The summed E-state index contributed by atoms with van der Waals surface area (Å²) < 4.78 is 5.14. The lowest BCUT2D eigenvalue weighted by Gasteiger charge is -2.03. The fourth-order valence-electron chi connectivity index (χ4n) is 1.91. The Morgan fingerprint density at radius 2 is 1.89 bits per heavy atom. The highest BCUT2D eigenvalue weighted by Gasteiger charge is 1.98. The third-order valence-electron chi connectivity index (χ3n) is 2.94. The molecule has 2 rings (SSSR count). The molecule has 0 aliphatic heterocycles. The fraction of sp³-hybridized carbons (Fsp3) is 0.357. The number of thiol groups is 1. The molecule has 0 radical (unpaired) electrons. The van der Waals surface area contributed by atoms with Crippen molar-refractivity contribution in [2.24, 2.45) is 0 Å². The third-order valence-corrected chi connectivity index (χ3v) is 3.16. The number of aryl methyl sites for hydroxylation is 2. The first kappa shape index (κ1) is 13.0. The van der Waals surface area contributed by atoms with Crippen molar-refractivity contribution in [3.05, 3.63) is 41.7 Å². The third kappa shape index (κ3) is 3.81. The van der Waals surface area contributed by atoms with Crippen LogP contribution in [0.25, 0.3) is 0 Å². The van der Waals surface area contributed by atoms with Crippen LogP contribution in [0.15, 0.2) is 35.6 Å². The van der Waals surface area contributed by atoms with Crippen LogP contribution in [0.4, 0.5) is 0 Å². The summed E-state index contributed by atoms with van der Waals surface area (Å²) in [5.74, 6) is 0.914. The summed E-state index contributed by atoms with van der Waals surface area (Å²) >= 11 is 4.15. The van der Waals surface area contributed by atoms with Crippen LogP contribution in [0.1, 0.15) is 24.1 Å². The van der Waals surface area contributed by atoms with Crippen LogP contribution in [0.5, 0.6) is 5.75 Å². The first-order valence-electron chi connectivity index (χ1n) is 6.13. The minimum atomic E-state index is 0.695. The van der Waals surface area contributed by atoms with E-state index >= 15 is 0 Å². The summed E-state index contributed by atoms with van der Waals surface area (Å²) in [6.45, 7) is 0. The number of nitrogens with one attached hydrogen (secondary N) is 1. The smallest absolute Gasteiger partial charge is 0.162 e. The molecule has 0 unspecified atom stereocenters. The van der Waals surface area contributed by atoms with Crippen LogP contribution in [0, 0.1) is 0 Å². The van der Waals surface area contributed by atoms with Gasteiger partial charge in [0.05, 0.1) is 7.11 Å². The zero-order chi connectivity index (χ0) is 12.8. The van der Waals surface area contributed by atoms with E-state index in [0.717, 1.165) is 30.7 Å². The quantitative estimate of drug-likeness (QED) is 0.619. The van der Waals surface area contributed by atoms with Gasteiger partial charge in [-0.05, 0) is 43.4 Å². The van der Waals surface area contributed by atoms with Crippen molar-refractivity contribution in [3.63, 3.8) is 0 Å². The molecule has 0 atom stereocenters. The predicted octanol–water partition coefficient (Wildman–Crippen LogP) is 3.27. The number of rotatable bonds is 6. The maximum Gasteiger partial charge on any atom is 0.162 e. The number of H-pyrrole nitrogens is 1. The molecule has 3 nitrogen and oxygen atoms in total. The molecule has 18 heavy (non-hydrogen) atoms. The van der Waals surface area contributed by atoms with Gasteiger partial charge in [0.25, 0.3) is 0 Å². The zero-order valence-electron chi connectivity index (χ0n) is 10.5. The summed E-state index contributed by atoms with van der Waals surface area (Å²) in [4.78, 5) is 7.19. The number of nitrogens with zero attached hydrogens (tertiary/aromatic N) is 1. The molecular weight excluding hydrogens is 244 g/mol. The van der Waals surface area contributed by atoms with Crippen molar-refractivity contribution in [1.29, 1.82) is 0 Å². The van der Waals surface area contributed by atoms with E-state index in [-0.39, 0.29) is 0 Å². The lowest BCUT2D eigenvalue weighted by molar-refractivity contribution is 0.414. The van der Waals surface area contributed by atoms with Gasteiger partial charge in [0, 0.05) is 11.9 Å². The molecule has 0 aliphatic rings. The summed E-state index contributed by atoms with van der Waals surface area (Å²) in [6, 6.07) is 8.27. The SMILES string of the molecule is COc1ccc(CCCCc2cnc(S)[nH]2)cc1. The molecule has 4 heteroatoms. The number of aromatic amines is 1. The first-order valence-corrected chi connectivity index (χ1v) is 6.58. The van der Waals surface area contributed by atoms with E-state index < -0.39 is 0 Å². The minimum absolute atomic E-state index is 0.695. The summed E-state index contributed by atoms with van der Waals surface area (Å²) in [5.41, 5.74) is 2.52. The lowest BCUT2D eigenvalue weighted by atomic mass is 10.1. The van der Waals surface area contributed by atoms with Gasteiger partial charge < -0.3 is 9.72 Å². The van der Waals surface area contributed by atoms with Crippen LogP contribution < -0.4 is 4.74 Å². The Morgan fingerprint density at radius 1 is 1.17 bits per heavy atom. The van der Waals surface area contributed by atoms with E-state index in [0.29, 0.717) is 5.16 Å². The van der Waals surface area contributed by atoms with Gasteiger partial charge >= 0.3 is 0 Å². The number of aromatic nitrogens is 2. The number of unbranched alkanes of at least 4 members (excludes halogenated alkanes) is 1. The van der Waals surface area contributed by atoms with Gasteiger partial charge in [-0.2, -0.15) is 0 Å². The Bertz CT molecular complexity index is 479. The normalized spacial score (nSPS) is 10.6. The Morgan fingerprint density at radius 3 is 2.50 bits per heavy atom. The van der Waals surface area contributed by atoms with E-state index in [4.69, 9.17) is 4.74 Å². The number of hydrogen-bond acceptors (Lipinski definition) is 3. The standard InChI is InChI=1S/C14H18N2OS/c1-17-13-8-6-11(7-9-13)4-2-3-5-12-10-15-14(18)16-12/h6-10H,2-5H2,1H3,(H2,15,16,18). The van der Waals surface area contributed by atoms with Crippen LogP contribution in [0.2, 0.25) is 0 Å². The average molecular weight is 262 g/mol. The minimum Gasteiger partial charge on any atom is -0.497 e. The number of imidazole rings is 1. The Kier molecular flexibility index (Phi) is 4.70. The number of ether oxygens (including phenoxy) is 1. The molecular formula is C14H18N2OS. The van der Waals surface area contributed by atoms with Crippen LogP contribution in [0.3, 0.4) is 0 Å². The topological polar surface area (TPSA) is 37.9 Å². The second kappa shape index (κ2) is 6.50. The van der Waals surface area contributed by atoms with Gasteiger partial charge in [-0.3, -0.25) is 0 Å². The fourth-order valence-corrected chi connectivity index (χ4v) is 2.11. The summed E-state index contributed by atoms with van der Waals surface area (Å²) in [5, 5.41) is 0.695. The molecule has 1 N–H and O–H groups in total. The van der Waals surface area contributed by atoms with Crippen molar-refractivity contribution in [3.8, 4) is 5.75 Å². The highest BCUT2D eigenvalue weighted by atomic mass is 32.1. The van der Waals surface area contributed by atoms with Crippen LogP contribution in [-0.4, -0.2) is 17.1 Å². The van der Waals surface area contributed by atoms with E-state index in [1.807, 2.05) is 18.3 Å². The molecule has 0 fully saturated rings. The van der Waals surface area contributed by atoms with E-state index in [9.17, 15) is 0 Å². The van der Waals surface area contributed by atoms with E-state index in [1.54, 1.807) is 7.11 Å². The molecule has 0 bridgehead atoms. The highest BCUT2D eigenvalue weighted by Crippen LogP contribution is 2.14. The maximum atomic E-state index is 5.14. The van der Waals surface area contributed by atoms with Gasteiger partial charge in [-0.1, -0.05) is 12.1 Å². The molecule has 0 saturated heterocycles. The van der Waals surface area contributed by atoms with Crippen molar-refractivity contribution < 1.29 is 4.74 Å². The van der Waals surface area contributed by atoms with Crippen molar-refractivity contribution in [1.82, 2.24) is 9.97 Å². The molecule has 0 aliphatic carbocycles. The van der Waals surface area contributed by atoms with Gasteiger partial charge in [0.2, 0.25) is 0 Å². The predicted molar refractivity (Wildman–Crippen MR) is 75.5 cm³/mol. The maximum absolute atomic E-state index is 5.14. The van der Waals surface area contributed by atoms with E-state index in [1.165, 1.54) is 12.0 Å². The largest absolute Gasteiger partial charge is 0.497 e. The first-order chi connectivity index (χ1) is 8.78. The molecule has 1 aromatic carbocycles. The average Bonchev–Trinajstić information content (AvgIpc) is 2.81. The van der Waals surface area contributed by atoms with E-state index in [2.05, 4.69) is 34.7 Å². The Labute approximate surface area is 113 Å². The van der Waals surface area contributed by atoms with Crippen molar-refractivity contribution >= 4 is 12.6 Å². The Hall–Kier alpha value is -1.42. The molecule has 0 spiro atoms. The van der Waals surface area contributed by atoms with Crippen molar-refractivity contribution in [2.75, 3.05) is 7.11 Å². The summed E-state index contributed by atoms with van der Waals surface area (Å²) in [7, 11) is 1.69. The molecule has 1 heterocycles. The molecule has 0 amide bonds. The zero-order valence-corrected chi connectivity index (χ0v) is 11.4. The molecule has 1 aromatic heterocycles. The van der Waals surface area contributed by atoms with Gasteiger partial charge in [-0.25, -0.2) is 4.98 Å². The summed E-state index contributed by atoms with van der Waals surface area (Å²) in [6.07, 6.45) is 6.32. The van der Waals surface area contributed by atoms with Gasteiger partial charge in [0.15, 0.2) is 5.16 Å². The second-order valence-electron chi connectivity index (χ2n) is 4.29.